The Bertz CT molecular complexity index is 1620. The number of nitrogens with zero attached hydrogens (tertiary/aromatic N) is 1. The number of pyridine rings is 1. The van der Waals surface area contributed by atoms with E-state index in [4.69, 9.17) is 18.3 Å². The second-order valence-corrected chi connectivity index (χ2v) is 8.34. The Labute approximate surface area is 212 Å². The van der Waals surface area contributed by atoms with Crippen molar-refractivity contribution in [2.24, 2.45) is 0 Å². The molecule has 0 aliphatic rings. The van der Waals surface area contributed by atoms with Gasteiger partial charge in [-0.1, -0.05) is 12.1 Å². The summed E-state index contributed by atoms with van der Waals surface area (Å²) in [5, 5.41) is 4.50. The predicted octanol–water partition coefficient (Wildman–Crippen LogP) is 4.96. The molecule has 1 amide bonds. The van der Waals surface area contributed by atoms with Gasteiger partial charge >= 0.3 is 5.63 Å². The number of aromatic nitrogens is 1. The number of nitrogens with one attached hydrogen (secondary N) is 1. The molecule has 0 spiro atoms. The molecule has 0 saturated heterocycles. The van der Waals surface area contributed by atoms with Crippen LogP contribution in [0, 0.1) is 0 Å². The van der Waals surface area contributed by atoms with Crippen molar-refractivity contribution in [3.05, 3.63) is 101 Å². The lowest BCUT2D eigenvalue weighted by Gasteiger charge is -2.08. The number of benzene rings is 2. The molecule has 3 heterocycles. The number of amides is 1. The third-order valence-electron chi connectivity index (χ3n) is 5.79. The third kappa shape index (κ3) is 5.70. The van der Waals surface area contributed by atoms with Gasteiger partial charge in [-0.2, -0.15) is 0 Å². The number of hydrogen-bond acceptors (Lipinski definition) is 6. The van der Waals surface area contributed by atoms with E-state index >= 15 is 0 Å². The summed E-state index contributed by atoms with van der Waals surface area (Å²) in [5.74, 6) is 0.983. The van der Waals surface area contributed by atoms with E-state index in [-0.39, 0.29) is 5.91 Å². The maximum Gasteiger partial charge on any atom is 0.336 e. The Morgan fingerprint density at radius 1 is 1.00 bits per heavy atom. The molecule has 186 valence electrons. The fourth-order valence-corrected chi connectivity index (χ4v) is 3.92. The lowest BCUT2D eigenvalue weighted by Crippen LogP contribution is -2.33. The second-order valence-electron chi connectivity index (χ2n) is 8.34. The van der Waals surface area contributed by atoms with Gasteiger partial charge in [0.15, 0.2) is 30.1 Å². The number of rotatable bonds is 9. The van der Waals surface area contributed by atoms with Crippen molar-refractivity contribution in [3.63, 3.8) is 0 Å². The van der Waals surface area contributed by atoms with Crippen LogP contribution in [0.1, 0.15) is 12.0 Å². The topological polar surface area (TPSA) is 94.8 Å². The SMILES string of the molecule is COc1ccc(C=CC(=O)Nc2cc[n+](CCCOc3c4occc4cc4ccc(=O)oc34)cc2)cc1. The molecule has 0 aliphatic heterocycles. The summed E-state index contributed by atoms with van der Waals surface area (Å²) in [6.07, 6.45) is 9.31. The molecule has 8 nitrogen and oxygen atoms in total. The highest BCUT2D eigenvalue weighted by Gasteiger charge is 2.15. The first kappa shape index (κ1) is 23.9. The van der Waals surface area contributed by atoms with Crippen molar-refractivity contribution in [3.8, 4) is 11.5 Å². The van der Waals surface area contributed by atoms with Crippen LogP contribution >= 0.6 is 0 Å². The normalized spacial score (nSPS) is 11.3. The highest BCUT2D eigenvalue weighted by Crippen LogP contribution is 2.35. The maximum atomic E-state index is 12.2. The monoisotopic (exact) mass is 497 g/mol. The van der Waals surface area contributed by atoms with E-state index in [0.717, 1.165) is 22.1 Å². The van der Waals surface area contributed by atoms with Crippen LogP contribution in [0.4, 0.5) is 5.69 Å². The zero-order valence-electron chi connectivity index (χ0n) is 20.2. The second kappa shape index (κ2) is 10.8. The minimum absolute atomic E-state index is 0.215. The number of hydrogen-bond donors (Lipinski definition) is 1. The molecule has 2 aromatic carbocycles. The highest BCUT2D eigenvalue weighted by atomic mass is 16.5. The van der Waals surface area contributed by atoms with Gasteiger partial charge in [-0.15, -0.1) is 0 Å². The molecule has 5 aromatic rings. The smallest absolute Gasteiger partial charge is 0.336 e. The van der Waals surface area contributed by atoms with Crippen LogP contribution in [0.25, 0.3) is 28.0 Å². The number of furan rings is 1. The number of fused-ring (bicyclic) bond motifs is 2. The molecule has 8 heteroatoms. The van der Waals surface area contributed by atoms with E-state index < -0.39 is 5.63 Å². The fourth-order valence-electron chi connectivity index (χ4n) is 3.92. The average molecular weight is 498 g/mol. The van der Waals surface area contributed by atoms with Gasteiger partial charge in [-0.3, -0.25) is 4.79 Å². The molecular weight excluding hydrogens is 472 g/mol. The number of methoxy groups -OCH3 is 1. The highest BCUT2D eigenvalue weighted by molar-refractivity contribution is 6.02. The van der Waals surface area contributed by atoms with Gasteiger partial charge in [0.05, 0.1) is 25.7 Å². The number of anilines is 1. The Morgan fingerprint density at radius 3 is 2.57 bits per heavy atom. The molecule has 0 unspecified atom stereocenters. The quantitative estimate of drug-likeness (QED) is 0.134. The number of ether oxygens (including phenoxy) is 2. The van der Waals surface area contributed by atoms with E-state index in [1.54, 1.807) is 25.5 Å². The van der Waals surface area contributed by atoms with Crippen LogP contribution in [0.15, 0.2) is 99.0 Å². The van der Waals surface area contributed by atoms with Crippen LogP contribution in [-0.2, 0) is 11.3 Å². The number of carbonyl (C=O) groups excluding carboxylic acids is 1. The zero-order chi connectivity index (χ0) is 25.6. The minimum Gasteiger partial charge on any atom is -0.497 e. The van der Waals surface area contributed by atoms with E-state index in [1.165, 1.54) is 12.1 Å². The van der Waals surface area contributed by atoms with Gasteiger partial charge in [0.2, 0.25) is 11.7 Å². The molecule has 0 atom stereocenters. The first-order valence-corrected chi connectivity index (χ1v) is 11.8. The summed E-state index contributed by atoms with van der Waals surface area (Å²) >= 11 is 0. The zero-order valence-corrected chi connectivity index (χ0v) is 20.2. The van der Waals surface area contributed by atoms with E-state index in [2.05, 4.69) is 5.32 Å². The summed E-state index contributed by atoms with van der Waals surface area (Å²) in [4.78, 5) is 24.0. The summed E-state index contributed by atoms with van der Waals surface area (Å²) < 4.78 is 24.1. The van der Waals surface area contributed by atoms with Crippen LogP contribution in [0.2, 0.25) is 0 Å². The van der Waals surface area contributed by atoms with Crippen LogP contribution in [0.5, 0.6) is 11.5 Å². The Hall–Kier alpha value is -4.85. The summed E-state index contributed by atoms with van der Waals surface area (Å²) in [5.41, 5.74) is 2.09. The molecule has 1 N–H and O–H groups in total. The molecule has 37 heavy (non-hydrogen) atoms. The van der Waals surface area contributed by atoms with E-state index in [0.29, 0.717) is 42.2 Å². The van der Waals surface area contributed by atoms with Crippen molar-refractivity contribution in [1.82, 2.24) is 0 Å². The average Bonchev–Trinajstić information content (AvgIpc) is 3.39. The fraction of sp³-hybridized carbons (Fsp3) is 0.138. The Kier molecular flexibility index (Phi) is 6.98. The van der Waals surface area contributed by atoms with Gasteiger partial charge in [0, 0.05) is 41.5 Å². The largest absolute Gasteiger partial charge is 0.497 e. The maximum absolute atomic E-state index is 12.2. The van der Waals surface area contributed by atoms with Crippen LogP contribution < -0.4 is 25.0 Å². The van der Waals surface area contributed by atoms with Crippen molar-refractivity contribution in [2.45, 2.75) is 13.0 Å². The van der Waals surface area contributed by atoms with Crippen molar-refractivity contribution in [1.29, 1.82) is 0 Å². The summed E-state index contributed by atoms with van der Waals surface area (Å²) in [6, 6.07) is 18.0. The van der Waals surface area contributed by atoms with Crippen molar-refractivity contribution in [2.75, 3.05) is 19.0 Å². The van der Waals surface area contributed by atoms with Crippen LogP contribution in [0.3, 0.4) is 0 Å². The molecule has 0 radical (unpaired) electrons. The standard InChI is InChI=1S/C29H24N2O6/c1-34-24-7-3-20(4-8-24)5-9-25(32)30-23-11-15-31(16-12-23)14-2-17-35-29-27-22(13-18-36-27)19-21-6-10-26(33)37-28(21)29/h3-13,15-16,18-19H,2,14,17H2,1H3/p+1. The first-order valence-electron chi connectivity index (χ1n) is 11.8. The van der Waals surface area contributed by atoms with Gasteiger partial charge in [-0.05, 0) is 42.0 Å². The van der Waals surface area contributed by atoms with Crippen LogP contribution in [-0.4, -0.2) is 19.6 Å². The lowest BCUT2D eigenvalue weighted by molar-refractivity contribution is -0.697. The molecule has 0 saturated carbocycles. The van der Waals surface area contributed by atoms with Gasteiger partial charge in [0.25, 0.3) is 0 Å². The molecule has 0 bridgehead atoms. The lowest BCUT2D eigenvalue weighted by atomic mass is 10.1. The van der Waals surface area contributed by atoms with Gasteiger partial charge < -0.3 is 23.6 Å². The number of aryl methyl sites for hydroxylation is 1. The molecule has 0 aliphatic carbocycles. The van der Waals surface area contributed by atoms with E-state index in [1.807, 2.05) is 65.5 Å². The summed E-state index contributed by atoms with van der Waals surface area (Å²) in [7, 11) is 1.61. The first-order chi connectivity index (χ1) is 18.1. The summed E-state index contributed by atoms with van der Waals surface area (Å²) in [6.45, 7) is 1.09. The Balaban J connectivity index is 1.15. The molecule has 5 rings (SSSR count). The molecule has 0 fully saturated rings. The van der Waals surface area contributed by atoms with Crippen molar-refractivity contribution >= 4 is 39.6 Å². The molecule has 3 aromatic heterocycles. The van der Waals surface area contributed by atoms with Gasteiger partial charge in [-0.25, -0.2) is 9.36 Å². The minimum atomic E-state index is -0.442. The molecular formula is C29H25N2O6+. The van der Waals surface area contributed by atoms with E-state index in [9.17, 15) is 9.59 Å². The van der Waals surface area contributed by atoms with Crippen molar-refractivity contribution < 1.29 is 27.7 Å². The third-order valence-corrected chi connectivity index (χ3v) is 5.79. The predicted molar refractivity (Wildman–Crippen MR) is 140 cm³/mol. The Morgan fingerprint density at radius 2 is 1.78 bits per heavy atom. The van der Waals surface area contributed by atoms with Gasteiger partial charge in [0.1, 0.15) is 5.75 Å². The number of carbonyl (C=O) groups is 1.